The number of rotatable bonds is 26. The summed E-state index contributed by atoms with van der Waals surface area (Å²) in [5.41, 5.74) is 0. The van der Waals surface area contributed by atoms with Gasteiger partial charge in [0.25, 0.3) is 0 Å². The number of unbranched alkanes of at least 4 members (excludes halogenated alkanes) is 4. The van der Waals surface area contributed by atoms with Crippen LogP contribution in [0, 0.1) is 11.8 Å². The molecule has 0 aromatic carbocycles. The van der Waals surface area contributed by atoms with E-state index in [1.807, 2.05) is 0 Å². The topological polar surface area (TPSA) is 105 Å². The summed E-state index contributed by atoms with van der Waals surface area (Å²) < 4.78 is 22.4. The Morgan fingerprint density at radius 2 is 0.976 bits per heavy atom. The van der Waals surface area contributed by atoms with Crippen LogP contribution in [0.1, 0.15) is 106 Å². The molecule has 0 rings (SSSR count). The summed E-state index contributed by atoms with van der Waals surface area (Å²) in [7, 11) is 0. The predicted octanol–water partition coefficient (Wildman–Crippen LogP) is 7.32. The average Bonchev–Trinajstić information content (AvgIpc) is 2.89. The molecule has 8 nitrogen and oxygen atoms in total. The molecule has 240 valence electrons. The quantitative estimate of drug-likeness (QED) is 0.0512. The first-order chi connectivity index (χ1) is 19.5. The summed E-state index contributed by atoms with van der Waals surface area (Å²) in [4.78, 5) is 50.3. The van der Waals surface area contributed by atoms with Gasteiger partial charge in [0.05, 0.1) is 0 Å². The molecule has 0 atom stereocenters. The maximum atomic E-state index is 12.9. The third-order valence-electron chi connectivity index (χ3n) is 6.21. The molecule has 11 heteroatoms. The van der Waals surface area contributed by atoms with Gasteiger partial charge >= 0.3 is 264 Å². The van der Waals surface area contributed by atoms with Crippen LogP contribution in [0.3, 0.4) is 0 Å². The zero-order valence-electron chi connectivity index (χ0n) is 26.5. The summed E-state index contributed by atoms with van der Waals surface area (Å²) in [6.07, 6.45) is 8.98. The molecule has 0 aliphatic rings. The number of thioether (sulfide) groups is 2. The van der Waals surface area contributed by atoms with Gasteiger partial charge in [0.15, 0.2) is 0 Å². The first-order valence-electron chi connectivity index (χ1n) is 15.4. The predicted molar refractivity (Wildman–Crippen MR) is 171 cm³/mol. The second-order valence-electron chi connectivity index (χ2n) is 11.1. The van der Waals surface area contributed by atoms with Crippen molar-refractivity contribution in [2.24, 2.45) is 11.8 Å². The van der Waals surface area contributed by atoms with Crippen molar-refractivity contribution in [1.29, 1.82) is 0 Å². The monoisotopic (exact) mass is 728 g/mol. The molecule has 0 saturated carbocycles. The molecular formula is C30H56O8S2Sn. The van der Waals surface area contributed by atoms with E-state index in [-0.39, 0.29) is 46.4 Å². The van der Waals surface area contributed by atoms with Gasteiger partial charge in [-0.05, 0) is 0 Å². The SMILES string of the molecule is CCOC(=O)C[CH2][Sn]([CH2]CC(=O)OCC)([O]C(=O)CSCCCCCC(C)C)[O]C(=O)CSCCCCCC(C)C. The molecule has 0 radical (unpaired) electrons. The number of esters is 2. The van der Waals surface area contributed by atoms with Crippen molar-refractivity contribution in [3.05, 3.63) is 0 Å². The molecule has 0 saturated heterocycles. The summed E-state index contributed by atoms with van der Waals surface area (Å²) in [6, 6.07) is 0. The molecule has 0 bridgehead atoms. The van der Waals surface area contributed by atoms with Gasteiger partial charge in [0, 0.05) is 0 Å². The van der Waals surface area contributed by atoms with E-state index in [0.717, 1.165) is 37.2 Å². The number of hydrogen-bond acceptors (Lipinski definition) is 10. The molecule has 0 aromatic rings. The Balaban J connectivity index is 5.24. The zero-order chi connectivity index (χ0) is 30.9. The van der Waals surface area contributed by atoms with E-state index in [9.17, 15) is 19.2 Å². The number of ether oxygens (including phenoxy) is 2. The van der Waals surface area contributed by atoms with Crippen LogP contribution in [0.15, 0.2) is 0 Å². The molecular weight excluding hydrogens is 671 g/mol. The third kappa shape index (κ3) is 24.5. The molecule has 0 aromatic heterocycles. The van der Waals surface area contributed by atoms with Crippen LogP contribution in [-0.4, -0.2) is 79.3 Å². The van der Waals surface area contributed by atoms with Crippen molar-refractivity contribution in [2.45, 2.75) is 115 Å². The van der Waals surface area contributed by atoms with Crippen molar-refractivity contribution in [2.75, 3.05) is 36.2 Å². The Bertz CT molecular complexity index is 673. The van der Waals surface area contributed by atoms with Gasteiger partial charge in [-0.3, -0.25) is 0 Å². The first kappa shape index (κ1) is 40.4. The fourth-order valence-corrected chi connectivity index (χ4v) is 14.3. The minimum absolute atomic E-state index is 0.0285. The van der Waals surface area contributed by atoms with Gasteiger partial charge < -0.3 is 0 Å². The van der Waals surface area contributed by atoms with Crippen LogP contribution < -0.4 is 0 Å². The standard InChI is InChI=1S/2C10H20O2S.2C5H9O2.Sn/c2*1-9(2)6-4-3-5-7-13-8-10(11)12;2*1-3-5(6)7-4-2;/h2*9H,3-8H2,1-2H3,(H,11,12);2*1,3-4H2,2H3;/q;;;;+2/p-2. The van der Waals surface area contributed by atoms with Gasteiger partial charge in [-0.15, -0.1) is 0 Å². The van der Waals surface area contributed by atoms with E-state index in [1.165, 1.54) is 49.2 Å². The van der Waals surface area contributed by atoms with Crippen LogP contribution >= 0.6 is 23.5 Å². The maximum absolute atomic E-state index is 12.9. The van der Waals surface area contributed by atoms with Gasteiger partial charge in [-0.1, -0.05) is 0 Å². The second-order valence-corrected chi connectivity index (χ2v) is 22.5. The fraction of sp³-hybridized carbons (Fsp3) is 0.867. The van der Waals surface area contributed by atoms with Crippen LogP contribution in [0.4, 0.5) is 0 Å². The number of carbonyl (C=O) groups is 4. The summed E-state index contributed by atoms with van der Waals surface area (Å²) in [6.45, 7) is 12.8. The van der Waals surface area contributed by atoms with Crippen molar-refractivity contribution in [3.8, 4) is 0 Å². The van der Waals surface area contributed by atoms with Crippen molar-refractivity contribution in [3.63, 3.8) is 0 Å². The van der Waals surface area contributed by atoms with E-state index in [1.54, 1.807) is 13.8 Å². The minimum atomic E-state index is -4.58. The summed E-state index contributed by atoms with van der Waals surface area (Å²) in [5, 5.41) is 0. The first-order valence-corrected chi connectivity index (χ1v) is 24.1. The Labute approximate surface area is 262 Å². The second kappa shape index (κ2) is 25.8. The van der Waals surface area contributed by atoms with Crippen LogP contribution in [0.25, 0.3) is 0 Å². The van der Waals surface area contributed by atoms with Gasteiger partial charge in [0.2, 0.25) is 0 Å². The van der Waals surface area contributed by atoms with Gasteiger partial charge in [0.1, 0.15) is 0 Å². The Hall–Kier alpha value is -0.621. The van der Waals surface area contributed by atoms with Gasteiger partial charge in [-0.2, -0.15) is 0 Å². The van der Waals surface area contributed by atoms with E-state index in [4.69, 9.17) is 15.6 Å². The average molecular weight is 728 g/mol. The van der Waals surface area contributed by atoms with Crippen LogP contribution in [0.5, 0.6) is 0 Å². The summed E-state index contributed by atoms with van der Waals surface area (Å²) >= 11 is -1.58. The zero-order valence-corrected chi connectivity index (χ0v) is 31.0. The molecule has 0 unspecified atom stereocenters. The molecule has 0 spiro atoms. The van der Waals surface area contributed by atoms with Gasteiger partial charge in [-0.25, -0.2) is 0 Å². The van der Waals surface area contributed by atoms with Crippen molar-refractivity contribution in [1.82, 2.24) is 0 Å². The molecule has 0 aliphatic heterocycles. The molecule has 0 aliphatic carbocycles. The molecule has 41 heavy (non-hydrogen) atoms. The fourth-order valence-electron chi connectivity index (χ4n) is 4.05. The Morgan fingerprint density at radius 1 is 0.585 bits per heavy atom. The Kier molecular flexibility index (Phi) is 25.4. The molecule has 0 amide bonds. The molecule has 0 fully saturated rings. The Morgan fingerprint density at radius 3 is 1.32 bits per heavy atom. The van der Waals surface area contributed by atoms with E-state index >= 15 is 0 Å². The number of carbonyl (C=O) groups excluding carboxylic acids is 4. The van der Waals surface area contributed by atoms with Crippen LogP contribution in [0.2, 0.25) is 8.87 Å². The van der Waals surface area contributed by atoms with E-state index in [2.05, 4.69) is 27.7 Å². The van der Waals surface area contributed by atoms with Crippen molar-refractivity contribution < 1.29 is 34.8 Å². The van der Waals surface area contributed by atoms with Crippen molar-refractivity contribution >= 4 is 66.6 Å². The van der Waals surface area contributed by atoms with Crippen LogP contribution in [-0.2, 0) is 34.8 Å². The number of hydrogen-bond donors (Lipinski definition) is 0. The molecule has 0 heterocycles. The molecule has 0 N–H and O–H groups in total. The van der Waals surface area contributed by atoms with E-state index in [0.29, 0.717) is 11.8 Å². The van der Waals surface area contributed by atoms with E-state index < -0.39 is 43.1 Å². The third-order valence-corrected chi connectivity index (χ3v) is 17.4. The normalized spacial score (nSPS) is 11.5. The summed E-state index contributed by atoms with van der Waals surface area (Å²) in [5.74, 6) is 1.57.